The van der Waals surface area contributed by atoms with E-state index >= 15 is 0 Å². The van der Waals surface area contributed by atoms with Crippen molar-refractivity contribution in [1.29, 1.82) is 0 Å². The molecule has 1 rings (SSSR count). The van der Waals surface area contributed by atoms with Crippen molar-refractivity contribution in [3.63, 3.8) is 0 Å². The zero-order valence-corrected chi connectivity index (χ0v) is 16.7. The number of nitrogens with one attached hydrogen (secondary N) is 2. The van der Waals surface area contributed by atoms with Crippen LogP contribution < -0.4 is 10.6 Å². The monoisotopic (exact) mass is 360 g/mol. The molecule has 1 saturated carbocycles. The third-order valence-corrected chi connectivity index (χ3v) is 6.41. The number of hydrogen-bond donors (Lipinski definition) is 2. The van der Waals surface area contributed by atoms with Crippen LogP contribution in [0.3, 0.4) is 0 Å². The summed E-state index contributed by atoms with van der Waals surface area (Å²) < 4.78 is 24.7. The number of guanidine groups is 1. The molecule has 1 aliphatic carbocycles. The summed E-state index contributed by atoms with van der Waals surface area (Å²) in [7, 11) is -3.10. The lowest BCUT2D eigenvalue weighted by Gasteiger charge is -2.25. The highest BCUT2D eigenvalue weighted by molar-refractivity contribution is 7.88. The SMILES string of the molecule is CCNC(=NCC1(CC)CCCC1)NCCCN(CC)S(C)(=O)=O. The van der Waals surface area contributed by atoms with Crippen LogP contribution in [0.1, 0.15) is 59.3 Å². The molecule has 0 aromatic heterocycles. The van der Waals surface area contributed by atoms with E-state index in [2.05, 4.69) is 24.5 Å². The van der Waals surface area contributed by atoms with Gasteiger partial charge in [-0.15, -0.1) is 0 Å². The van der Waals surface area contributed by atoms with Gasteiger partial charge in [0.25, 0.3) is 0 Å². The van der Waals surface area contributed by atoms with E-state index in [0.29, 0.717) is 18.5 Å². The van der Waals surface area contributed by atoms with Crippen LogP contribution in [-0.4, -0.2) is 57.7 Å². The van der Waals surface area contributed by atoms with Gasteiger partial charge in [-0.3, -0.25) is 4.99 Å². The van der Waals surface area contributed by atoms with Crippen molar-refractivity contribution in [2.75, 3.05) is 39.0 Å². The quantitative estimate of drug-likeness (QED) is 0.356. The Kier molecular flexibility index (Phi) is 9.05. The van der Waals surface area contributed by atoms with E-state index in [1.807, 2.05) is 6.92 Å². The van der Waals surface area contributed by atoms with Crippen molar-refractivity contribution in [2.24, 2.45) is 10.4 Å². The van der Waals surface area contributed by atoms with Gasteiger partial charge in [-0.25, -0.2) is 12.7 Å². The first-order chi connectivity index (χ1) is 11.4. The molecule has 24 heavy (non-hydrogen) atoms. The molecule has 0 radical (unpaired) electrons. The van der Waals surface area contributed by atoms with E-state index in [1.54, 1.807) is 0 Å². The highest BCUT2D eigenvalue weighted by Gasteiger charge is 2.31. The lowest BCUT2D eigenvalue weighted by molar-refractivity contribution is 0.297. The van der Waals surface area contributed by atoms with Crippen LogP contribution in [-0.2, 0) is 10.0 Å². The molecule has 7 heteroatoms. The minimum atomic E-state index is -3.10. The minimum Gasteiger partial charge on any atom is -0.357 e. The Balaban J connectivity index is 2.46. The first-order valence-corrected chi connectivity index (χ1v) is 11.2. The van der Waals surface area contributed by atoms with E-state index in [0.717, 1.165) is 32.0 Å². The van der Waals surface area contributed by atoms with Crippen LogP contribution in [0.15, 0.2) is 4.99 Å². The predicted octanol–water partition coefficient (Wildman–Crippen LogP) is 2.18. The Bertz CT molecular complexity index is 485. The second-order valence-electron chi connectivity index (χ2n) is 6.79. The summed E-state index contributed by atoms with van der Waals surface area (Å²) in [6, 6.07) is 0. The van der Waals surface area contributed by atoms with Crippen molar-refractivity contribution in [3.8, 4) is 0 Å². The molecule has 0 atom stereocenters. The Morgan fingerprint density at radius 2 is 1.83 bits per heavy atom. The third-order valence-electron chi connectivity index (χ3n) is 5.03. The maximum absolute atomic E-state index is 11.6. The normalized spacial score (nSPS) is 18.1. The van der Waals surface area contributed by atoms with Gasteiger partial charge in [0.2, 0.25) is 10.0 Å². The van der Waals surface area contributed by atoms with Gasteiger partial charge in [-0.1, -0.05) is 26.7 Å². The number of sulfonamides is 1. The fourth-order valence-electron chi connectivity index (χ4n) is 3.36. The summed E-state index contributed by atoms with van der Waals surface area (Å²) in [4.78, 5) is 4.79. The first kappa shape index (κ1) is 21.2. The smallest absolute Gasteiger partial charge is 0.211 e. The van der Waals surface area contributed by atoms with Gasteiger partial charge in [0.15, 0.2) is 5.96 Å². The molecule has 1 fully saturated rings. The lowest BCUT2D eigenvalue weighted by Crippen LogP contribution is -2.40. The van der Waals surface area contributed by atoms with Gasteiger partial charge in [0.1, 0.15) is 0 Å². The van der Waals surface area contributed by atoms with Gasteiger partial charge in [0, 0.05) is 32.7 Å². The van der Waals surface area contributed by atoms with Crippen LogP contribution in [0.4, 0.5) is 0 Å². The molecule has 1 aliphatic rings. The maximum Gasteiger partial charge on any atom is 0.211 e. The van der Waals surface area contributed by atoms with E-state index < -0.39 is 10.0 Å². The summed E-state index contributed by atoms with van der Waals surface area (Å²) in [5.74, 6) is 0.847. The van der Waals surface area contributed by atoms with Crippen LogP contribution in [0.5, 0.6) is 0 Å². The van der Waals surface area contributed by atoms with Crippen molar-refractivity contribution >= 4 is 16.0 Å². The lowest BCUT2D eigenvalue weighted by atomic mass is 9.84. The summed E-state index contributed by atoms with van der Waals surface area (Å²) >= 11 is 0. The van der Waals surface area contributed by atoms with Crippen LogP contribution in [0.25, 0.3) is 0 Å². The highest BCUT2D eigenvalue weighted by atomic mass is 32.2. The van der Waals surface area contributed by atoms with Crippen molar-refractivity contribution in [1.82, 2.24) is 14.9 Å². The molecule has 2 N–H and O–H groups in total. The molecule has 0 unspecified atom stereocenters. The summed E-state index contributed by atoms with van der Waals surface area (Å²) in [6.45, 7) is 9.69. The Labute approximate surface area is 148 Å². The number of hydrogen-bond acceptors (Lipinski definition) is 3. The third kappa shape index (κ3) is 6.97. The molecule has 6 nitrogen and oxygen atoms in total. The summed E-state index contributed by atoms with van der Waals surface area (Å²) in [6.07, 6.45) is 8.44. The Morgan fingerprint density at radius 1 is 1.17 bits per heavy atom. The molecule has 0 amide bonds. The molecular formula is C17H36N4O2S. The number of aliphatic imine (C=N–C) groups is 1. The average Bonchev–Trinajstić information content (AvgIpc) is 3.00. The zero-order chi connectivity index (χ0) is 18.1. The fraction of sp³-hybridized carbons (Fsp3) is 0.941. The molecule has 0 aromatic carbocycles. The molecule has 142 valence electrons. The largest absolute Gasteiger partial charge is 0.357 e. The summed E-state index contributed by atoms with van der Waals surface area (Å²) in [5.41, 5.74) is 0.387. The average molecular weight is 361 g/mol. The molecular weight excluding hydrogens is 324 g/mol. The fourth-order valence-corrected chi connectivity index (χ4v) is 4.29. The van der Waals surface area contributed by atoms with Crippen molar-refractivity contribution < 1.29 is 8.42 Å². The van der Waals surface area contributed by atoms with E-state index in [-0.39, 0.29) is 0 Å². The Morgan fingerprint density at radius 3 is 2.33 bits per heavy atom. The van der Waals surface area contributed by atoms with Gasteiger partial charge in [0.05, 0.1) is 6.26 Å². The van der Waals surface area contributed by atoms with Crippen LogP contribution >= 0.6 is 0 Å². The topological polar surface area (TPSA) is 73.8 Å². The maximum atomic E-state index is 11.6. The summed E-state index contributed by atoms with van der Waals surface area (Å²) in [5, 5.41) is 6.62. The second-order valence-corrected chi connectivity index (χ2v) is 8.77. The van der Waals surface area contributed by atoms with Crippen LogP contribution in [0.2, 0.25) is 0 Å². The molecule has 0 heterocycles. The standard InChI is InChI=1S/C17H36N4O2S/c1-5-17(11-8-9-12-17)15-20-16(18-6-2)19-13-10-14-21(7-3)24(4,22)23/h5-15H2,1-4H3,(H2,18,19,20). The van der Waals surface area contributed by atoms with Crippen molar-refractivity contribution in [2.45, 2.75) is 59.3 Å². The minimum absolute atomic E-state index is 0.387. The van der Waals surface area contributed by atoms with E-state index in [4.69, 9.17) is 4.99 Å². The Hall–Kier alpha value is -0.820. The highest BCUT2D eigenvalue weighted by Crippen LogP contribution is 2.41. The zero-order valence-electron chi connectivity index (χ0n) is 15.9. The molecule has 0 saturated heterocycles. The van der Waals surface area contributed by atoms with Crippen molar-refractivity contribution in [3.05, 3.63) is 0 Å². The van der Waals surface area contributed by atoms with E-state index in [9.17, 15) is 8.42 Å². The van der Waals surface area contributed by atoms with E-state index in [1.165, 1.54) is 42.7 Å². The molecule has 0 bridgehead atoms. The molecule has 0 aliphatic heterocycles. The van der Waals surface area contributed by atoms with Crippen LogP contribution in [0, 0.1) is 5.41 Å². The molecule has 0 aromatic rings. The second kappa shape index (κ2) is 10.2. The van der Waals surface area contributed by atoms with Gasteiger partial charge >= 0.3 is 0 Å². The molecule has 0 spiro atoms. The predicted molar refractivity (Wildman–Crippen MR) is 102 cm³/mol. The number of nitrogens with zero attached hydrogens (tertiary/aromatic N) is 2. The number of rotatable bonds is 10. The van der Waals surface area contributed by atoms with Gasteiger partial charge in [-0.05, 0) is 38.0 Å². The first-order valence-electron chi connectivity index (χ1n) is 9.34. The van der Waals surface area contributed by atoms with Gasteiger partial charge in [-0.2, -0.15) is 0 Å². The van der Waals surface area contributed by atoms with Gasteiger partial charge < -0.3 is 10.6 Å².